The standard InChI is InChI=1S/C12H16FNOS/c1-9-7-10(3-4-11(9)13)5-6-14(2)12(15)8-16/h3-4,7,16H,5-6,8H2,1-2H3. The second-order valence-corrected chi connectivity index (χ2v) is 4.12. The molecule has 0 fully saturated rings. The molecule has 88 valence electrons. The molecule has 1 amide bonds. The van der Waals surface area contributed by atoms with Crippen molar-refractivity contribution in [2.75, 3.05) is 19.3 Å². The first-order valence-electron chi connectivity index (χ1n) is 5.14. The Balaban J connectivity index is 2.55. The number of hydrogen-bond acceptors (Lipinski definition) is 2. The lowest BCUT2D eigenvalue weighted by Gasteiger charge is -2.15. The van der Waals surface area contributed by atoms with Crippen molar-refractivity contribution in [3.05, 3.63) is 35.1 Å². The average Bonchev–Trinajstić information content (AvgIpc) is 2.29. The Morgan fingerprint density at radius 2 is 2.19 bits per heavy atom. The molecule has 0 aromatic heterocycles. The van der Waals surface area contributed by atoms with Crippen LogP contribution in [0, 0.1) is 12.7 Å². The van der Waals surface area contributed by atoms with E-state index >= 15 is 0 Å². The van der Waals surface area contributed by atoms with Crippen LogP contribution in [0.1, 0.15) is 11.1 Å². The highest BCUT2D eigenvalue weighted by Gasteiger charge is 2.06. The molecule has 0 N–H and O–H groups in total. The Morgan fingerprint density at radius 1 is 1.50 bits per heavy atom. The number of halogens is 1. The lowest BCUT2D eigenvalue weighted by molar-refractivity contribution is -0.127. The molecule has 4 heteroatoms. The highest BCUT2D eigenvalue weighted by molar-refractivity contribution is 7.81. The van der Waals surface area contributed by atoms with Gasteiger partial charge in [0, 0.05) is 13.6 Å². The maximum Gasteiger partial charge on any atom is 0.232 e. The molecule has 0 spiro atoms. The Hall–Kier alpha value is -1.03. The maximum absolute atomic E-state index is 13.0. The van der Waals surface area contributed by atoms with Gasteiger partial charge < -0.3 is 4.90 Å². The lowest BCUT2D eigenvalue weighted by atomic mass is 10.1. The third-order valence-electron chi connectivity index (χ3n) is 2.52. The number of aryl methyl sites for hydroxylation is 1. The fourth-order valence-electron chi connectivity index (χ4n) is 1.40. The van der Waals surface area contributed by atoms with E-state index in [4.69, 9.17) is 0 Å². The number of carbonyl (C=O) groups is 1. The fourth-order valence-corrected chi connectivity index (χ4v) is 1.65. The van der Waals surface area contributed by atoms with Crippen molar-refractivity contribution in [3.8, 4) is 0 Å². The van der Waals surface area contributed by atoms with Gasteiger partial charge in [-0.3, -0.25) is 4.79 Å². The van der Waals surface area contributed by atoms with Crippen LogP contribution < -0.4 is 0 Å². The number of thiol groups is 1. The topological polar surface area (TPSA) is 20.3 Å². The van der Waals surface area contributed by atoms with Crippen molar-refractivity contribution in [1.29, 1.82) is 0 Å². The molecule has 0 radical (unpaired) electrons. The molecule has 0 unspecified atom stereocenters. The third-order valence-corrected chi connectivity index (χ3v) is 2.79. The van der Waals surface area contributed by atoms with E-state index in [1.54, 1.807) is 24.9 Å². The molecule has 0 aliphatic heterocycles. The molecule has 16 heavy (non-hydrogen) atoms. The van der Waals surface area contributed by atoms with Crippen molar-refractivity contribution in [2.45, 2.75) is 13.3 Å². The summed E-state index contributed by atoms with van der Waals surface area (Å²) in [6.07, 6.45) is 0.733. The molecular weight excluding hydrogens is 225 g/mol. The van der Waals surface area contributed by atoms with Crippen molar-refractivity contribution < 1.29 is 9.18 Å². The minimum absolute atomic E-state index is 0.00201. The number of amides is 1. The molecule has 0 saturated carbocycles. The maximum atomic E-state index is 13.0. The number of carbonyl (C=O) groups excluding carboxylic acids is 1. The van der Waals surface area contributed by atoms with Crippen LogP contribution in [0.2, 0.25) is 0 Å². The molecule has 0 aliphatic carbocycles. The van der Waals surface area contributed by atoms with Crippen molar-refractivity contribution in [3.63, 3.8) is 0 Å². The summed E-state index contributed by atoms with van der Waals surface area (Å²) in [5, 5.41) is 0. The van der Waals surface area contributed by atoms with Crippen LogP contribution in [0.15, 0.2) is 18.2 Å². The van der Waals surface area contributed by atoms with Gasteiger partial charge in [-0.15, -0.1) is 0 Å². The zero-order valence-corrected chi connectivity index (χ0v) is 10.4. The van der Waals surface area contributed by atoms with Gasteiger partial charge in [0.1, 0.15) is 5.82 Å². The number of hydrogen-bond donors (Lipinski definition) is 1. The summed E-state index contributed by atoms with van der Waals surface area (Å²) in [5.41, 5.74) is 1.68. The molecule has 0 saturated heterocycles. The first kappa shape index (κ1) is 13.0. The second-order valence-electron chi connectivity index (χ2n) is 3.81. The minimum Gasteiger partial charge on any atom is -0.345 e. The van der Waals surface area contributed by atoms with Crippen molar-refractivity contribution in [2.24, 2.45) is 0 Å². The quantitative estimate of drug-likeness (QED) is 0.800. The predicted molar refractivity (Wildman–Crippen MR) is 66.3 cm³/mol. The van der Waals surface area contributed by atoms with Crippen LogP contribution in [-0.4, -0.2) is 30.2 Å². The minimum atomic E-state index is -0.191. The zero-order valence-electron chi connectivity index (χ0n) is 9.53. The molecular formula is C12H16FNOS. The van der Waals surface area contributed by atoms with Crippen LogP contribution >= 0.6 is 12.6 Å². The summed E-state index contributed by atoms with van der Waals surface area (Å²) in [6, 6.07) is 5.03. The van der Waals surface area contributed by atoms with Gasteiger partial charge in [-0.05, 0) is 30.5 Å². The van der Waals surface area contributed by atoms with E-state index in [1.165, 1.54) is 6.07 Å². The highest BCUT2D eigenvalue weighted by Crippen LogP contribution is 2.10. The third kappa shape index (κ3) is 3.52. The van der Waals surface area contributed by atoms with Gasteiger partial charge in [-0.1, -0.05) is 12.1 Å². The highest BCUT2D eigenvalue weighted by atomic mass is 32.1. The number of nitrogens with zero attached hydrogens (tertiary/aromatic N) is 1. The largest absolute Gasteiger partial charge is 0.345 e. The normalized spacial score (nSPS) is 10.2. The summed E-state index contributed by atoms with van der Waals surface area (Å²) in [5.74, 6) is 0.0320. The zero-order chi connectivity index (χ0) is 12.1. The van der Waals surface area contributed by atoms with E-state index in [9.17, 15) is 9.18 Å². The summed E-state index contributed by atoms with van der Waals surface area (Å²) in [4.78, 5) is 12.9. The van der Waals surface area contributed by atoms with E-state index in [1.807, 2.05) is 6.07 Å². The van der Waals surface area contributed by atoms with Gasteiger partial charge in [0.25, 0.3) is 0 Å². The van der Waals surface area contributed by atoms with Crippen LogP contribution in [0.25, 0.3) is 0 Å². The predicted octanol–water partition coefficient (Wildman–Crippen LogP) is 2.06. The van der Waals surface area contributed by atoms with E-state index in [0.717, 1.165) is 12.0 Å². The average molecular weight is 241 g/mol. The first-order valence-corrected chi connectivity index (χ1v) is 5.77. The Bertz CT molecular complexity index is 381. The Kier molecular flexibility index (Phi) is 4.80. The Labute approximate surface area is 101 Å². The summed E-state index contributed by atoms with van der Waals surface area (Å²) < 4.78 is 13.0. The molecule has 1 rings (SSSR count). The van der Waals surface area contributed by atoms with Gasteiger partial charge in [0.2, 0.25) is 5.91 Å². The summed E-state index contributed by atoms with van der Waals surface area (Å²) in [6.45, 7) is 2.37. The van der Waals surface area contributed by atoms with Crippen molar-refractivity contribution in [1.82, 2.24) is 4.90 Å². The molecule has 0 atom stereocenters. The first-order chi connectivity index (χ1) is 7.54. The number of benzene rings is 1. The van der Waals surface area contributed by atoms with Gasteiger partial charge in [-0.2, -0.15) is 12.6 Å². The van der Waals surface area contributed by atoms with E-state index in [-0.39, 0.29) is 17.5 Å². The molecule has 1 aromatic carbocycles. The SMILES string of the molecule is Cc1cc(CCN(C)C(=O)CS)ccc1F. The lowest BCUT2D eigenvalue weighted by Crippen LogP contribution is -2.29. The smallest absolute Gasteiger partial charge is 0.232 e. The molecule has 1 aromatic rings. The van der Waals surface area contributed by atoms with Crippen molar-refractivity contribution >= 4 is 18.5 Å². The van der Waals surface area contributed by atoms with Gasteiger partial charge >= 0.3 is 0 Å². The summed E-state index contributed by atoms with van der Waals surface area (Å²) in [7, 11) is 1.74. The van der Waals surface area contributed by atoms with Gasteiger partial charge in [-0.25, -0.2) is 4.39 Å². The van der Waals surface area contributed by atoms with Gasteiger partial charge in [0.05, 0.1) is 5.75 Å². The van der Waals surface area contributed by atoms with E-state index in [0.29, 0.717) is 12.1 Å². The van der Waals surface area contributed by atoms with E-state index in [2.05, 4.69) is 12.6 Å². The van der Waals surface area contributed by atoms with Crippen LogP contribution in [-0.2, 0) is 11.2 Å². The van der Waals surface area contributed by atoms with Crippen LogP contribution in [0.5, 0.6) is 0 Å². The Morgan fingerprint density at radius 3 is 2.75 bits per heavy atom. The summed E-state index contributed by atoms with van der Waals surface area (Å²) >= 11 is 3.92. The molecule has 0 aliphatic rings. The van der Waals surface area contributed by atoms with Gasteiger partial charge in [0.15, 0.2) is 0 Å². The fraction of sp³-hybridized carbons (Fsp3) is 0.417. The van der Waals surface area contributed by atoms with Crippen LogP contribution in [0.4, 0.5) is 4.39 Å². The molecule has 0 bridgehead atoms. The van der Waals surface area contributed by atoms with E-state index < -0.39 is 0 Å². The molecule has 0 heterocycles. The number of likely N-dealkylation sites (N-methyl/N-ethyl adjacent to an activating group) is 1. The monoisotopic (exact) mass is 241 g/mol. The number of rotatable bonds is 4. The second kappa shape index (κ2) is 5.89. The molecule has 2 nitrogen and oxygen atoms in total. The van der Waals surface area contributed by atoms with Crippen LogP contribution in [0.3, 0.4) is 0 Å².